The third-order valence-corrected chi connectivity index (χ3v) is 4.46. The Labute approximate surface area is 99.9 Å². The minimum Gasteiger partial charge on any atom is -0.375 e. The van der Waals surface area contributed by atoms with Gasteiger partial charge in [-0.15, -0.1) is 0 Å². The van der Waals surface area contributed by atoms with Gasteiger partial charge < -0.3 is 14.9 Å². The van der Waals surface area contributed by atoms with Crippen LogP contribution in [-0.2, 0) is 24.4 Å². The van der Waals surface area contributed by atoms with E-state index in [1.807, 2.05) is 0 Å². The van der Waals surface area contributed by atoms with Crippen LogP contribution in [0.2, 0.25) is 0 Å². The van der Waals surface area contributed by atoms with Gasteiger partial charge in [0.2, 0.25) is 0 Å². The van der Waals surface area contributed by atoms with Gasteiger partial charge in [0.25, 0.3) is 0 Å². The molecular formula is C8H14O7S2. The second-order valence-electron chi connectivity index (χ2n) is 2.96. The zero-order valence-electron chi connectivity index (χ0n) is 8.89. The van der Waals surface area contributed by atoms with Crippen molar-refractivity contribution < 1.29 is 31.8 Å². The van der Waals surface area contributed by atoms with Gasteiger partial charge in [-0.05, 0) is 0 Å². The molecule has 0 fully saturated rings. The summed E-state index contributed by atoms with van der Waals surface area (Å²) in [5, 5.41) is 19.3. The van der Waals surface area contributed by atoms with E-state index in [9.17, 15) is 16.8 Å². The molecule has 0 saturated carbocycles. The highest BCUT2D eigenvalue weighted by Gasteiger charge is 2.23. The summed E-state index contributed by atoms with van der Waals surface area (Å²) in [5.74, 6) is 0. The Morgan fingerprint density at radius 1 is 0.941 bits per heavy atom. The van der Waals surface area contributed by atoms with Gasteiger partial charge in [-0.3, -0.25) is 0 Å². The summed E-state index contributed by atoms with van der Waals surface area (Å²) in [6.45, 7) is 4.64. The zero-order chi connectivity index (χ0) is 13.7. The van der Waals surface area contributed by atoms with Crippen LogP contribution in [0, 0.1) is 0 Å². The number of hydrogen-bond acceptors (Lipinski definition) is 7. The predicted molar refractivity (Wildman–Crippen MR) is 61.1 cm³/mol. The van der Waals surface area contributed by atoms with E-state index in [1.165, 1.54) is 0 Å². The van der Waals surface area contributed by atoms with E-state index in [0.717, 1.165) is 0 Å². The zero-order valence-corrected chi connectivity index (χ0v) is 10.5. The molecule has 0 rings (SSSR count). The van der Waals surface area contributed by atoms with Crippen LogP contribution in [0.25, 0.3) is 0 Å². The fourth-order valence-corrected chi connectivity index (χ4v) is 1.70. The molecule has 100 valence electrons. The van der Waals surface area contributed by atoms with E-state index in [1.54, 1.807) is 0 Å². The summed E-state index contributed by atoms with van der Waals surface area (Å²) >= 11 is 0. The van der Waals surface area contributed by atoms with Crippen LogP contribution in [0.1, 0.15) is 0 Å². The van der Waals surface area contributed by atoms with Gasteiger partial charge in [0.05, 0.1) is 13.2 Å². The van der Waals surface area contributed by atoms with Crippen molar-refractivity contribution in [3.63, 3.8) is 0 Å². The lowest BCUT2D eigenvalue weighted by molar-refractivity contribution is 0.0388. The van der Waals surface area contributed by atoms with Gasteiger partial charge in [0.15, 0.2) is 30.5 Å². The molecule has 0 aromatic heterocycles. The highest BCUT2D eigenvalue weighted by molar-refractivity contribution is 7.95. The molecule has 0 amide bonds. The van der Waals surface area contributed by atoms with E-state index >= 15 is 0 Å². The summed E-state index contributed by atoms with van der Waals surface area (Å²) < 4.78 is 48.5. The number of aliphatic hydroxyl groups excluding tert-OH is 2. The quantitative estimate of drug-likeness (QED) is 0.572. The van der Waals surface area contributed by atoms with Gasteiger partial charge in [0.1, 0.15) is 0 Å². The van der Waals surface area contributed by atoms with Crippen LogP contribution in [0.5, 0.6) is 0 Å². The Bertz CT molecular complexity index is 418. The summed E-state index contributed by atoms with van der Waals surface area (Å²) in [4.78, 5) is 0. The Morgan fingerprint density at radius 3 is 1.47 bits per heavy atom. The van der Waals surface area contributed by atoms with Crippen molar-refractivity contribution in [1.29, 1.82) is 0 Å². The Morgan fingerprint density at radius 2 is 1.24 bits per heavy atom. The lowest BCUT2D eigenvalue weighted by atomic mass is 10.7. The van der Waals surface area contributed by atoms with Crippen LogP contribution in [-0.4, -0.2) is 51.1 Å². The van der Waals surface area contributed by atoms with Crippen molar-refractivity contribution in [2.45, 2.75) is 10.9 Å². The van der Waals surface area contributed by atoms with Crippen molar-refractivity contribution in [3.8, 4) is 0 Å². The molecule has 0 bridgehead atoms. The Balaban J connectivity index is 4.28. The first-order valence-electron chi connectivity index (χ1n) is 4.34. The number of sulfone groups is 2. The molecule has 0 aromatic carbocycles. The third kappa shape index (κ3) is 4.96. The maximum Gasteiger partial charge on any atom is 0.199 e. The number of aliphatic hydroxyl groups is 2. The standard InChI is InChI=1S/C8H14O7S2/c1-3-16(11,12)7(9)5-15-6-8(10)17(13,14)4-2/h3-4,7-10H,1-2,5-6H2. The number of ether oxygens (including phenoxy) is 1. The van der Waals surface area contributed by atoms with Gasteiger partial charge in [-0.25, -0.2) is 16.8 Å². The lowest BCUT2D eigenvalue weighted by Gasteiger charge is -2.12. The number of rotatable bonds is 8. The fourth-order valence-electron chi connectivity index (χ4n) is 0.682. The fraction of sp³-hybridized carbons (Fsp3) is 0.500. The molecule has 0 aliphatic carbocycles. The minimum absolute atomic E-state index is 0.554. The first-order valence-corrected chi connectivity index (χ1v) is 7.56. The molecule has 0 saturated heterocycles. The molecule has 0 aliphatic rings. The first-order chi connectivity index (χ1) is 7.67. The molecule has 2 unspecified atom stereocenters. The molecule has 0 spiro atoms. The van der Waals surface area contributed by atoms with Crippen molar-refractivity contribution in [3.05, 3.63) is 24.0 Å². The van der Waals surface area contributed by atoms with Gasteiger partial charge in [-0.1, -0.05) is 13.2 Å². The van der Waals surface area contributed by atoms with Crippen molar-refractivity contribution in [1.82, 2.24) is 0 Å². The van der Waals surface area contributed by atoms with Gasteiger partial charge in [0, 0.05) is 10.8 Å². The Hall–Kier alpha value is -0.740. The SMILES string of the molecule is C=CS(=O)(=O)C(O)COCC(O)S(=O)(=O)C=C. The lowest BCUT2D eigenvalue weighted by Crippen LogP contribution is -2.29. The van der Waals surface area contributed by atoms with E-state index in [0.29, 0.717) is 10.8 Å². The van der Waals surface area contributed by atoms with Crippen molar-refractivity contribution in [2.75, 3.05) is 13.2 Å². The van der Waals surface area contributed by atoms with Crippen LogP contribution < -0.4 is 0 Å². The van der Waals surface area contributed by atoms with Crippen LogP contribution in [0.4, 0.5) is 0 Å². The van der Waals surface area contributed by atoms with Crippen LogP contribution in [0.15, 0.2) is 24.0 Å². The van der Waals surface area contributed by atoms with E-state index < -0.39 is 43.8 Å². The average molecular weight is 286 g/mol. The topological polar surface area (TPSA) is 118 Å². The molecular weight excluding hydrogens is 272 g/mol. The molecule has 2 atom stereocenters. The van der Waals surface area contributed by atoms with Gasteiger partial charge >= 0.3 is 0 Å². The minimum atomic E-state index is -3.89. The predicted octanol–water partition coefficient (Wildman–Crippen LogP) is -1.24. The highest BCUT2D eigenvalue weighted by atomic mass is 32.2. The second-order valence-corrected chi connectivity index (χ2v) is 7.07. The third-order valence-electron chi connectivity index (χ3n) is 1.74. The Kier molecular flexibility index (Phi) is 5.99. The second kappa shape index (κ2) is 6.26. The molecule has 17 heavy (non-hydrogen) atoms. The molecule has 0 aliphatic heterocycles. The monoisotopic (exact) mass is 286 g/mol. The largest absolute Gasteiger partial charge is 0.375 e. The van der Waals surface area contributed by atoms with Crippen LogP contribution >= 0.6 is 0 Å². The van der Waals surface area contributed by atoms with E-state index in [4.69, 9.17) is 10.2 Å². The first kappa shape index (κ1) is 16.3. The molecule has 0 aromatic rings. The van der Waals surface area contributed by atoms with Crippen LogP contribution in [0.3, 0.4) is 0 Å². The van der Waals surface area contributed by atoms with Crippen molar-refractivity contribution >= 4 is 19.7 Å². The highest BCUT2D eigenvalue weighted by Crippen LogP contribution is 2.04. The smallest absolute Gasteiger partial charge is 0.199 e. The van der Waals surface area contributed by atoms with E-state index in [2.05, 4.69) is 17.9 Å². The summed E-state index contributed by atoms with van der Waals surface area (Å²) in [6.07, 6.45) is 0. The maximum atomic E-state index is 11.0. The summed E-state index contributed by atoms with van der Waals surface area (Å²) in [5.41, 5.74) is -3.70. The van der Waals surface area contributed by atoms with Crippen molar-refractivity contribution in [2.24, 2.45) is 0 Å². The molecule has 9 heteroatoms. The normalized spacial score (nSPS) is 16.1. The van der Waals surface area contributed by atoms with Gasteiger partial charge in [-0.2, -0.15) is 0 Å². The molecule has 0 heterocycles. The van der Waals surface area contributed by atoms with E-state index in [-0.39, 0.29) is 0 Å². The summed E-state index contributed by atoms with van der Waals surface area (Å²) in [6, 6.07) is 0. The molecule has 7 nitrogen and oxygen atoms in total. The average Bonchev–Trinajstić information content (AvgIpc) is 2.28. The maximum absolute atomic E-state index is 11.0. The molecule has 0 radical (unpaired) electrons. The molecule has 2 N–H and O–H groups in total. The summed E-state index contributed by atoms with van der Waals surface area (Å²) in [7, 11) is -7.79. The number of hydrogen-bond donors (Lipinski definition) is 2.